The van der Waals surface area contributed by atoms with Crippen LogP contribution in [-0.2, 0) is 4.74 Å². The number of nitrogens with two attached hydrogens (primary N) is 1. The summed E-state index contributed by atoms with van der Waals surface area (Å²) in [6.45, 7) is 6.63. The van der Waals surface area contributed by atoms with Crippen LogP contribution < -0.4 is 5.73 Å². The van der Waals surface area contributed by atoms with Gasteiger partial charge in [0, 0.05) is 6.61 Å². The Balaban J connectivity index is 2.91. The van der Waals surface area contributed by atoms with Gasteiger partial charge in [-0.25, -0.2) is 4.39 Å². The van der Waals surface area contributed by atoms with Gasteiger partial charge in [-0.05, 0) is 43.5 Å². The number of halogens is 1. The molecule has 2 nitrogen and oxygen atoms in total. The highest BCUT2D eigenvalue weighted by atomic mass is 19.1. The molecule has 0 aliphatic heterocycles. The van der Waals surface area contributed by atoms with Gasteiger partial charge < -0.3 is 10.5 Å². The SMILES string of the molecule is CCCC(OCC)C(N)c1cc(F)ccc1C. The second-order valence-corrected chi connectivity index (χ2v) is 4.31. The molecule has 17 heavy (non-hydrogen) atoms. The third kappa shape index (κ3) is 3.79. The molecule has 2 unspecified atom stereocenters. The van der Waals surface area contributed by atoms with Gasteiger partial charge in [0.15, 0.2) is 0 Å². The van der Waals surface area contributed by atoms with Crippen LogP contribution in [0.25, 0.3) is 0 Å². The van der Waals surface area contributed by atoms with Gasteiger partial charge in [-0.15, -0.1) is 0 Å². The highest BCUT2D eigenvalue weighted by Gasteiger charge is 2.20. The van der Waals surface area contributed by atoms with Crippen molar-refractivity contribution in [3.05, 3.63) is 35.1 Å². The maximum absolute atomic E-state index is 13.2. The van der Waals surface area contributed by atoms with E-state index in [9.17, 15) is 4.39 Å². The minimum absolute atomic E-state index is 0.0366. The van der Waals surface area contributed by atoms with Crippen LogP contribution in [0.15, 0.2) is 18.2 Å². The first kappa shape index (κ1) is 14.1. The molecule has 1 rings (SSSR count). The zero-order chi connectivity index (χ0) is 12.8. The van der Waals surface area contributed by atoms with E-state index in [0.717, 1.165) is 24.0 Å². The number of hydrogen-bond donors (Lipinski definition) is 1. The summed E-state index contributed by atoms with van der Waals surface area (Å²) < 4.78 is 18.9. The average molecular weight is 239 g/mol. The van der Waals surface area contributed by atoms with Crippen LogP contribution >= 0.6 is 0 Å². The lowest BCUT2D eigenvalue weighted by Crippen LogP contribution is -2.29. The standard InChI is InChI=1S/C14H22FNO/c1-4-6-13(17-5-2)14(16)12-9-11(15)8-7-10(12)3/h7-9,13-14H,4-6,16H2,1-3H3. The predicted octanol–water partition coefficient (Wildman–Crippen LogP) is 3.34. The van der Waals surface area contributed by atoms with Crippen molar-refractivity contribution in [1.82, 2.24) is 0 Å². The number of hydrogen-bond acceptors (Lipinski definition) is 2. The third-order valence-corrected chi connectivity index (χ3v) is 2.95. The Morgan fingerprint density at radius 2 is 2.06 bits per heavy atom. The number of ether oxygens (including phenoxy) is 1. The highest BCUT2D eigenvalue weighted by Crippen LogP contribution is 2.24. The van der Waals surface area contributed by atoms with Gasteiger partial charge in [-0.1, -0.05) is 19.4 Å². The smallest absolute Gasteiger partial charge is 0.123 e. The summed E-state index contributed by atoms with van der Waals surface area (Å²) in [4.78, 5) is 0. The zero-order valence-electron chi connectivity index (χ0n) is 10.9. The quantitative estimate of drug-likeness (QED) is 0.826. The van der Waals surface area contributed by atoms with E-state index in [4.69, 9.17) is 10.5 Å². The summed E-state index contributed by atoms with van der Waals surface area (Å²) in [6, 6.07) is 4.48. The molecule has 2 N–H and O–H groups in total. The molecule has 1 aromatic rings. The Morgan fingerprint density at radius 3 is 2.65 bits per heavy atom. The fraction of sp³-hybridized carbons (Fsp3) is 0.571. The number of benzene rings is 1. The first-order valence-corrected chi connectivity index (χ1v) is 6.23. The molecule has 0 saturated heterocycles. The average Bonchev–Trinajstić information content (AvgIpc) is 2.31. The highest BCUT2D eigenvalue weighted by molar-refractivity contribution is 5.30. The molecule has 0 aliphatic rings. The predicted molar refractivity (Wildman–Crippen MR) is 68.4 cm³/mol. The largest absolute Gasteiger partial charge is 0.377 e. The van der Waals surface area contributed by atoms with Gasteiger partial charge in [0.05, 0.1) is 12.1 Å². The second-order valence-electron chi connectivity index (χ2n) is 4.31. The molecule has 96 valence electrons. The molecule has 0 radical (unpaired) electrons. The van der Waals surface area contributed by atoms with Gasteiger partial charge in [-0.3, -0.25) is 0 Å². The van der Waals surface area contributed by atoms with Crippen LogP contribution in [0.1, 0.15) is 43.9 Å². The summed E-state index contributed by atoms with van der Waals surface area (Å²) in [7, 11) is 0. The van der Waals surface area contributed by atoms with E-state index in [-0.39, 0.29) is 18.0 Å². The van der Waals surface area contributed by atoms with Crippen molar-refractivity contribution in [2.75, 3.05) is 6.61 Å². The molecular formula is C14H22FNO. The fourth-order valence-corrected chi connectivity index (χ4v) is 2.04. The molecular weight excluding hydrogens is 217 g/mol. The number of aryl methyl sites for hydroxylation is 1. The minimum atomic E-state index is -0.259. The van der Waals surface area contributed by atoms with E-state index in [1.54, 1.807) is 6.07 Å². The Kier molecular flexibility index (Phi) is 5.59. The molecule has 0 aromatic heterocycles. The van der Waals surface area contributed by atoms with Crippen LogP contribution in [0.5, 0.6) is 0 Å². The molecule has 0 spiro atoms. The van der Waals surface area contributed by atoms with Gasteiger partial charge in [-0.2, -0.15) is 0 Å². The molecule has 0 bridgehead atoms. The van der Waals surface area contributed by atoms with Crippen molar-refractivity contribution in [1.29, 1.82) is 0 Å². The van der Waals surface area contributed by atoms with Crippen molar-refractivity contribution < 1.29 is 9.13 Å². The fourth-order valence-electron chi connectivity index (χ4n) is 2.04. The Hall–Kier alpha value is -0.930. The van der Waals surface area contributed by atoms with E-state index in [1.165, 1.54) is 12.1 Å². The van der Waals surface area contributed by atoms with E-state index in [0.29, 0.717) is 6.61 Å². The molecule has 2 atom stereocenters. The summed E-state index contributed by atoms with van der Waals surface area (Å²) >= 11 is 0. The molecule has 0 saturated carbocycles. The lowest BCUT2D eigenvalue weighted by atomic mass is 9.95. The van der Waals surface area contributed by atoms with Crippen molar-refractivity contribution in [3.8, 4) is 0 Å². The Morgan fingerprint density at radius 1 is 1.35 bits per heavy atom. The van der Waals surface area contributed by atoms with Crippen molar-refractivity contribution in [2.45, 2.75) is 45.8 Å². The van der Waals surface area contributed by atoms with Crippen LogP contribution in [0.3, 0.4) is 0 Å². The van der Waals surface area contributed by atoms with E-state index < -0.39 is 0 Å². The molecule has 0 fully saturated rings. The van der Waals surface area contributed by atoms with Crippen LogP contribution in [0, 0.1) is 12.7 Å². The third-order valence-electron chi connectivity index (χ3n) is 2.95. The maximum atomic E-state index is 13.2. The Bertz CT molecular complexity index is 348. The van der Waals surface area contributed by atoms with Crippen molar-refractivity contribution in [3.63, 3.8) is 0 Å². The van der Waals surface area contributed by atoms with E-state index >= 15 is 0 Å². The van der Waals surface area contributed by atoms with Crippen LogP contribution in [0.4, 0.5) is 4.39 Å². The summed E-state index contributed by atoms with van der Waals surface area (Å²) in [5.74, 6) is -0.243. The molecule has 3 heteroatoms. The molecule has 0 amide bonds. The van der Waals surface area contributed by atoms with Gasteiger partial charge in [0.1, 0.15) is 5.82 Å². The van der Waals surface area contributed by atoms with Gasteiger partial charge >= 0.3 is 0 Å². The van der Waals surface area contributed by atoms with Crippen molar-refractivity contribution in [2.24, 2.45) is 5.73 Å². The molecule has 1 aromatic carbocycles. The van der Waals surface area contributed by atoms with Gasteiger partial charge in [0.25, 0.3) is 0 Å². The lowest BCUT2D eigenvalue weighted by Gasteiger charge is -2.25. The van der Waals surface area contributed by atoms with Gasteiger partial charge in [0.2, 0.25) is 0 Å². The number of rotatable bonds is 6. The van der Waals surface area contributed by atoms with Crippen LogP contribution in [0.2, 0.25) is 0 Å². The first-order valence-electron chi connectivity index (χ1n) is 6.23. The minimum Gasteiger partial charge on any atom is -0.377 e. The summed E-state index contributed by atoms with van der Waals surface area (Å²) in [5.41, 5.74) is 8.05. The summed E-state index contributed by atoms with van der Waals surface area (Å²) in [6.07, 6.45) is 1.86. The van der Waals surface area contributed by atoms with Crippen LogP contribution in [-0.4, -0.2) is 12.7 Å². The van der Waals surface area contributed by atoms with Crippen molar-refractivity contribution >= 4 is 0 Å². The lowest BCUT2D eigenvalue weighted by molar-refractivity contribution is 0.0372. The second kappa shape index (κ2) is 6.72. The zero-order valence-corrected chi connectivity index (χ0v) is 10.9. The molecule has 0 aliphatic carbocycles. The van der Waals surface area contributed by atoms with E-state index in [1.807, 2.05) is 13.8 Å². The van der Waals surface area contributed by atoms with E-state index in [2.05, 4.69) is 6.92 Å². The molecule has 0 heterocycles. The maximum Gasteiger partial charge on any atom is 0.123 e. The monoisotopic (exact) mass is 239 g/mol. The normalized spacial score (nSPS) is 14.6. The Labute approximate surface area is 103 Å². The topological polar surface area (TPSA) is 35.2 Å². The first-order chi connectivity index (χ1) is 8.10. The summed E-state index contributed by atoms with van der Waals surface area (Å²) in [5, 5.41) is 0.